The normalized spacial score (nSPS) is 26.2. The van der Waals surface area contributed by atoms with Gasteiger partial charge in [-0.3, -0.25) is 14.5 Å². The van der Waals surface area contributed by atoms with Crippen LogP contribution in [0.3, 0.4) is 0 Å². The fourth-order valence-electron chi connectivity index (χ4n) is 0.906. The summed E-state index contributed by atoms with van der Waals surface area (Å²) in [5.41, 5.74) is 0. The monoisotopic (exact) mass is 159 g/mol. The number of likely N-dealkylation sites (tertiary alicyclic amines) is 1. The van der Waals surface area contributed by atoms with Crippen molar-refractivity contribution in [2.24, 2.45) is 0 Å². The van der Waals surface area contributed by atoms with Gasteiger partial charge >= 0.3 is 0 Å². The van der Waals surface area contributed by atoms with Crippen molar-refractivity contribution in [1.29, 1.82) is 0 Å². The van der Waals surface area contributed by atoms with Gasteiger partial charge in [0.2, 0.25) is 11.8 Å². The second-order valence-electron chi connectivity index (χ2n) is 2.22. The number of imide groups is 1. The Kier molecular flexibility index (Phi) is 1.99. The molecule has 1 rings (SSSR count). The van der Waals surface area contributed by atoms with Gasteiger partial charge in [0.1, 0.15) is 0 Å². The highest BCUT2D eigenvalue weighted by molar-refractivity contribution is 8.00. The molecule has 0 N–H and O–H groups in total. The molecule has 2 amide bonds. The molecular weight excluding hydrogens is 150 g/mol. The van der Waals surface area contributed by atoms with E-state index in [1.807, 2.05) is 6.26 Å². The molecule has 56 valence electrons. The van der Waals surface area contributed by atoms with Crippen LogP contribution in [0, 0.1) is 0 Å². The smallest absolute Gasteiger partial charge is 0.242 e. The predicted octanol–water partition coefficient (Wildman–Crippen LogP) is 0.107. The highest BCUT2D eigenvalue weighted by Gasteiger charge is 2.34. The minimum absolute atomic E-state index is 0.0579. The third-order valence-corrected chi connectivity index (χ3v) is 2.56. The maximum atomic E-state index is 11.0. The summed E-state index contributed by atoms with van der Waals surface area (Å²) in [6.07, 6.45) is 2.21. The maximum Gasteiger partial charge on any atom is 0.242 e. The molecule has 0 aromatic carbocycles. The molecular formula is C6H9NO2S. The van der Waals surface area contributed by atoms with E-state index >= 15 is 0 Å². The van der Waals surface area contributed by atoms with E-state index in [1.165, 1.54) is 23.7 Å². The van der Waals surface area contributed by atoms with Crippen LogP contribution in [0.5, 0.6) is 0 Å². The molecule has 10 heavy (non-hydrogen) atoms. The molecule has 3 nitrogen and oxygen atoms in total. The molecule has 0 aromatic rings. The molecule has 0 unspecified atom stereocenters. The number of nitrogens with zero attached hydrogens (tertiary/aromatic N) is 1. The Morgan fingerprint density at radius 1 is 1.60 bits per heavy atom. The van der Waals surface area contributed by atoms with E-state index in [0.717, 1.165) is 0 Å². The number of carbonyl (C=O) groups excluding carboxylic acids is 2. The van der Waals surface area contributed by atoms with Gasteiger partial charge in [-0.05, 0) is 6.26 Å². The average Bonchev–Trinajstić information content (AvgIpc) is 2.17. The van der Waals surface area contributed by atoms with Gasteiger partial charge in [0.05, 0.1) is 5.25 Å². The van der Waals surface area contributed by atoms with E-state index in [9.17, 15) is 9.59 Å². The van der Waals surface area contributed by atoms with Crippen molar-refractivity contribution in [1.82, 2.24) is 4.90 Å². The van der Waals surface area contributed by atoms with E-state index in [-0.39, 0.29) is 17.1 Å². The molecule has 1 aliphatic heterocycles. The van der Waals surface area contributed by atoms with E-state index in [0.29, 0.717) is 6.42 Å². The van der Waals surface area contributed by atoms with Gasteiger partial charge in [-0.15, -0.1) is 0 Å². The molecule has 0 aromatic heterocycles. The van der Waals surface area contributed by atoms with Gasteiger partial charge in [-0.25, -0.2) is 0 Å². The van der Waals surface area contributed by atoms with Crippen molar-refractivity contribution in [2.45, 2.75) is 11.7 Å². The minimum Gasteiger partial charge on any atom is -0.285 e. The molecule has 0 saturated carbocycles. The second kappa shape index (κ2) is 2.62. The van der Waals surface area contributed by atoms with Gasteiger partial charge in [0, 0.05) is 13.5 Å². The molecule has 1 saturated heterocycles. The van der Waals surface area contributed by atoms with Crippen LogP contribution < -0.4 is 0 Å². The Balaban J connectivity index is 2.71. The Labute approximate surface area is 63.8 Å². The van der Waals surface area contributed by atoms with Crippen LogP contribution in [-0.2, 0) is 9.59 Å². The summed E-state index contributed by atoms with van der Waals surface area (Å²) in [5.74, 6) is -0.123. The molecule has 1 fully saturated rings. The van der Waals surface area contributed by atoms with Crippen LogP contribution in [0.1, 0.15) is 6.42 Å². The Morgan fingerprint density at radius 2 is 2.20 bits per heavy atom. The standard InChI is InChI=1S/C6H9NO2S/c1-7-5(8)3-4(10-2)6(7)9/h4H,3H2,1-2H3/t4-/m1/s1. The SMILES string of the molecule is CS[C@@H]1CC(=O)N(C)C1=O. The minimum atomic E-state index is -0.127. The lowest BCUT2D eigenvalue weighted by Crippen LogP contribution is -2.26. The van der Waals surface area contributed by atoms with Crippen LogP contribution in [0.25, 0.3) is 0 Å². The van der Waals surface area contributed by atoms with Crippen molar-refractivity contribution < 1.29 is 9.59 Å². The Bertz CT molecular complexity index is 181. The summed E-state index contributed by atoms with van der Waals surface area (Å²) in [5, 5.41) is -0.127. The number of rotatable bonds is 1. The lowest BCUT2D eigenvalue weighted by atomic mass is 10.4. The number of amides is 2. The van der Waals surface area contributed by atoms with E-state index in [4.69, 9.17) is 0 Å². The zero-order chi connectivity index (χ0) is 7.72. The summed E-state index contributed by atoms with van der Waals surface area (Å²) in [6.45, 7) is 0. The molecule has 1 heterocycles. The molecule has 1 aliphatic rings. The Morgan fingerprint density at radius 3 is 2.40 bits per heavy atom. The quantitative estimate of drug-likeness (QED) is 0.509. The number of carbonyl (C=O) groups is 2. The summed E-state index contributed by atoms with van der Waals surface area (Å²) in [4.78, 5) is 23.1. The van der Waals surface area contributed by atoms with Gasteiger partial charge < -0.3 is 0 Å². The lowest BCUT2D eigenvalue weighted by Gasteiger charge is -2.04. The molecule has 1 atom stereocenters. The summed E-state index contributed by atoms with van der Waals surface area (Å²) < 4.78 is 0. The third kappa shape index (κ3) is 1.03. The highest BCUT2D eigenvalue weighted by Crippen LogP contribution is 2.21. The van der Waals surface area contributed by atoms with Crippen molar-refractivity contribution in [3.05, 3.63) is 0 Å². The van der Waals surface area contributed by atoms with Crippen LogP contribution in [-0.4, -0.2) is 35.3 Å². The average molecular weight is 159 g/mol. The third-order valence-electron chi connectivity index (χ3n) is 1.62. The molecule has 4 heteroatoms. The summed E-state index contributed by atoms with van der Waals surface area (Å²) in [7, 11) is 1.53. The second-order valence-corrected chi connectivity index (χ2v) is 3.26. The summed E-state index contributed by atoms with van der Waals surface area (Å²) >= 11 is 1.44. The van der Waals surface area contributed by atoms with Crippen LogP contribution in [0.4, 0.5) is 0 Å². The van der Waals surface area contributed by atoms with Crippen LogP contribution in [0.2, 0.25) is 0 Å². The number of hydrogen-bond acceptors (Lipinski definition) is 3. The predicted molar refractivity (Wildman–Crippen MR) is 39.7 cm³/mol. The van der Waals surface area contributed by atoms with Gasteiger partial charge in [-0.1, -0.05) is 0 Å². The van der Waals surface area contributed by atoms with Crippen molar-refractivity contribution in [2.75, 3.05) is 13.3 Å². The maximum absolute atomic E-state index is 11.0. The molecule has 0 aliphatic carbocycles. The lowest BCUT2D eigenvalue weighted by molar-refractivity contribution is -0.136. The van der Waals surface area contributed by atoms with E-state index < -0.39 is 0 Å². The zero-order valence-electron chi connectivity index (χ0n) is 5.96. The Hall–Kier alpha value is -0.510. The molecule has 0 radical (unpaired) electrons. The zero-order valence-corrected chi connectivity index (χ0v) is 6.77. The first-order valence-corrected chi connectivity index (χ1v) is 4.29. The fourth-order valence-corrected chi connectivity index (χ4v) is 1.57. The van der Waals surface area contributed by atoms with E-state index in [1.54, 1.807) is 0 Å². The fraction of sp³-hybridized carbons (Fsp3) is 0.667. The molecule has 0 bridgehead atoms. The largest absolute Gasteiger partial charge is 0.285 e. The van der Waals surface area contributed by atoms with Gasteiger partial charge in [0.25, 0.3) is 0 Å². The van der Waals surface area contributed by atoms with Crippen molar-refractivity contribution >= 4 is 23.6 Å². The molecule has 0 spiro atoms. The summed E-state index contributed by atoms with van der Waals surface area (Å²) in [6, 6.07) is 0. The van der Waals surface area contributed by atoms with Crippen molar-refractivity contribution in [3.63, 3.8) is 0 Å². The highest BCUT2D eigenvalue weighted by atomic mass is 32.2. The van der Waals surface area contributed by atoms with E-state index in [2.05, 4.69) is 0 Å². The first-order valence-electron chi connectivity index (χ1n) is 3.00. The van der Waals surface area contributed by atoms with Crippen molar-refractivity contribution in [3.8, 4) is 0 Å². The van der Waals surface area contributed by atoms with Crippen LogP contribution >= 0.6 is 11.8 Å². The number of thioether (sulfide) groups is 1. The topological polar surface area (TPSA) is 37.4 Å². The van der Waals surface area contributed by atoms with Crippen LogP contribution in [0.15, 0.2) is 0 Å². The van der Waals surface area contributed by atoms with Gasteiger partial charge in [-0.2, -0.15) is 11.8 Å². The first kappa shape index (κ1) is 7.60. The first-order chi connectivity index (χ1) is 4.66. The van der Waals surface area contributed by atoms with Gasteiger partial charge in [0.15, 0.2) is 0 Å². The number of hydrogen-bond donors (Lipinski definition) is 0.